The third-order valence-electron chi connectivity index (χ3n) is 3.04. The first kappa shape index (κ1) is 14.9. The summed E-state index contributed by atoms with van der Waals surface area (Å²) in [6.07, 6.45) is 1.69. The van der Waals surface area contributed by atoms with Gasteiger partial charge in [-0.05, 0) is 47.1 Å². The Bertz CT molecular complexity index is 901. The summed E-state index contributed by atoms with van der Waals surface area (Å²) in [5.41, 5.74) is 1.32. The number of benzene rings is 1. The van der Waals surface area contributed by atoms with Crippen molar-refractivity contribution >= 4 is 31.8 Å². The van der Waals surface area contributed by atoms with E-state index in [0.29, 0.717) is 10.2 Å². The maximum atomic E-state index is 12.6. The van der Waals surface area contributed by atoms with Gasteiger partial charge in [-0.1, -0.05) is 23.4 Å². The Kier molecular flexibility index (Phi) is 3.79. The molecule has 0 atom stereocenters. The number of nitrogens with zero attached hydrogens (tertiary/aromatic N) is 2. The Morgan fingerprint density at radius 1 is 1.18 bits per heavy atom. The van der Waals surface area contributed by atoms with Crippen molar-refractivity contribution in [2.24, 2.45) is 0 Å². The van der Waals surface area contributed by atoms with Gasteiger partial charge in [0.05, 0.1) is 5.69 Å². The predicted molar refractivity (Wildman–Crippen MR) is 85.5 cm³/mol. The number of aryl methyl sites for hydroxylation is 1. The average molecular weight is 382 g/mol. The minimum atomic E-state index is -3.81. The van der Waals surface area contributed by atoms with Gasteiger partial charge in [0.15, 0.2) is 5.03 Å². The van der Waals surface area contributed by atoms with Crippen LogP contribution in [0.15, 0.2) is 62.7 Å². The normalized spacial score (nSPS) is 11.5. The smallest absolute Gasteiger partial charge is 0.280 e. The number of rotatable bonds is 4. The van der Waals surface area contributed by atoms with Gasteiger partial charge in [0.2, 0.25) is 0 Å². The molecule has 22 heavy (non-hydrogen) atoms. The SMILES string of the molecule is Cc1noc(NS(=O)(=O)c2cccn2-c2ccccc2)c1Br. The summed E-state index contributed by atoms with van der Waals surface area (Å²) >= 11 is 3.24. The van der Waals surface area contributed by atoms with E-state index in [1.165, 1.54) is 6.07 Å². The van der Waals surface area contributed by atoms with Gasteiger partial charge in [-0.15, -0.1) is 0 Å². The zero-order valence-electron chi connectivity index (χ0n) is 11.5. The number of hydrogen-bond donors (Lipinski definition) is 1. The molecular formula is C14H12BrN3O3S. The summed E-state index contributed by atoms with van der Waals surface area (Å²) in [4.78, 5) is 0. The van der Waals surface area contributed by atoms with Crippen LogP contribution in [0.1, 0.15) is 5.69 Å². The summed E-state index contributed by atoms with van der Waals surface area (Å²) in [5, 5.41) is 3.82. The Hall–Kier alpha value is -2.06. The molecule has 0 aliphatic rings. The quantitative estimate of drug-likeness (QED) is 0.751. The lowest BCUT2D eigenvalue weighted by molar-refractivity contribution is 0.430. The van der Waals surface area contributed by atoms with Gasteiger partial charge in [0, 0.05) is 11.9 Å². The van der Waals surface area contributed by atoms with Crippen LogP contribution in [0, 0.1) is 6.92 Å². The van der Waals surface area contributed by atoms with Crippen molar-refractivity contribution < 1.29 is 12.9 Å². The summed E-state index contributed by atoms with van der Waals surface area (Å²) < 4.78 is 34.6. The first-order valence-electron chi connectivity index (χ1n) is 6.36. The highest BCUT2D eigenvalue weighted by Crippen LogP contribution is 2.28. The summed E-state index contributed by atoms with van der Waals surface area (Å²) in [7, 11) is -3.81. The molecule has 0 bridgehead atoms. The van der Waals surface area contributed by atoms with Crippen molar-refractivity contribution in [1.29, 1.82) is 0 Å². The first-order chi connectivity index (χ1) is 10.5. The Morgan fingerprint density at radius 3 is 2.55 bits per heavy atom. The van der Waals surface area contributed by atoms with E-state index < -0.39 is 10.0 Å². The molecule has 0 fully saturated rings. The highest BCUT2D eigenvalue weighted by Gasteiger charge is 2.23. The second kappa shape index (κ2) is 5.62. The maximum absolute atomic E-state index is 12.6. The predicted octanol–water partition coefficient (Wildman–Crippen LogP) is 3.34. The second-order valence-electron chi connectivity index (χ2n) is 4.57. The number of para-hydroxylation sites is 1. The number of nitrogens with one attached hydrogen (secondary N) is 1. The van der Waals surface area contributed by atoms with Gasteiger partial charge in [0.1, 0.15) is 4.47 Å². The molecule has 2 aromatic heterocycles. The van der Waals surface area contributed by atoms with E-state index in [2.05, 4.69) is 25.8 Å². The fraction of sp³-hybridized carbons (Fsp3) is 0.0714. The van der Waals surface area contributed by atoms with Crippen molar-refractivity contribution in [2.75, 3.05) is 4.72 Å². The number of aromatic nitrogens is 2. The molecule has 2 heterocycles. The summed E-state index contributed by atoms with van der Waals surface area (Å²) in [6.45, 7) is 1.71. The molecule has 1 N–H and O–H groups in total. The van der Waals surface area contributed by atoms with Crippen molar-refractivity contribution in [2.45, 2.75) is 11.9 Å². The molecule has 0 aliphatic heterocycles. The highest BCUT2D eigenvalue weighted by molar-refractivity contribution is 9.10. The molecule has 1 aromatic carbocycles. The topological polar surface area (TPSA) is 77.1 Å². The van der Waals surface area contributed by atoms with Crippen LogP contribution in [0.25, 0.3) is 5.69 Å². The van der Waals surface area contributed by atoms with Crippen LogP contribution >= 0.6 is 15.9 Å². The molecule has 0 aliphatic carbocycles. The minimum Gasteiger partial charge on any atom is -0.336 e. The monoisotopic (exact) mass is 381 g/mol. The molecule has 0 spiro atoms. The molecule has 0 saturated carbocycles. The minimum absolute atomic E-state index is 0.0540. The van der Waals surface area contributed by atoms with E-state index >= 15 is 0 Å². The Labute approximate surface area is 135 Å². The molecule has 114 valence electrons. The number of sulfonamides is 1. The Balaban J connectivity index is 2.01. The fourth-order valence-electron chi connectivity index (χ4n) is 1.98. The van der Waals surface area contributed by atoms with E-state index in [9.17, 15) is 8.42 Å². The van der Waals surface area contributed by atoms with Gasteiger partial charge < -0.3 is 9.09 Å². The molecule has 0 amide bonds. The van der Waals surface area contributed by atoms with Crippen molar-refractivity contribution in [1.82, 2.24) is 9.72 Å². The van der Waals surface area contributed by atoms with Crippen LogP contribution in [0.2, 0.25) is 0 Å². The van der Waals surface area contributed by atoms with Gasteiger partial charge in [-0.25, -0.2) is 4.72 Å². The standard InChI is InChI=1S/C14H12BrN3O3S/c1-10-13(15)14(21-16-10)17-22(19,20)12-8-5-9-18(12)11-6-3-2-4-7-11/h2-9,17H,1H3. The molecule has 8 heteroatoms. The van der Waals surface area contributed by atoms with Crippen LogP contribution in [-0.4, -0.2) is 18.1 Å². The molecule has 6 nitrogen and oxygen atoms in total. The van der Waals surface area contributed by atoms with E-state index in [1.807, 2.05) is 30.3 Å². The van der Waals surface area contributed by atoms with Crippen molar-refractivity contribution in [3.63, 3.8) is 0 Å². The molecule has 0 saturated heterocycles. The summed E-state index contributed by atoms with van der Waals surface area (Å²) in [5.74, 6) is 0.0540. The Morgan fingerprint density at radius 2 is 1.91 bits per heavy atom. The molecule has 0 radical (unpaired) electrons. The van der Waals surface area contributed by atoms with Gasteiger partial charge >= 0.3 is 0 Å². The number of halogens is 1. The lowest BCUT2D eigenvalue weighted by Crippen LogP contribution is -2.16. The van der Waals surface area contributed by atoms with Crippen LogP contribution in [0.4, 0.5) is 5.88 Å². The van der Waals surface area contributed by atoms with Crippen LogP contribution < -0.4 is 4.72 Å². The van der Waals surface area contributed by atoms with Crippen LogP contribution in [0.3, 0.4) is 0 Å². The lowest BCUT2D eigenvalue weighted by atomic mass is 10.3. The number of anilines is 1. The van der Waals surface area contributed by atoms with Gasteiger partial charge in [-0.3, -0.25) is 0 Å². The highest BCUT2D eigenvalue weighted by atomic mass is 79.9. The van der Waals surface area contributed by atoms with Gasteiger partial charge in [-0.2, -0.15) is 8.42 Å². The third kappa shape index (κ3) is 2.67. The number of hydrogen-bond acceptors (Lipinski definition) is 4. The fourth-order valence-corrected chi connectivity index (χ4v) is 3.53. The van der Waals surface area contributed by atoms with E-state index in [0.717, 1.165) is 5.69 Å². The third-order valence-corrected chi connectivity index (χ3v) is 5.31. The van der Waals surface area contributed by atoms with E-state index in [-0.39, 0.29) is 10.9 Å². The zero-order chi connectivity index (χ0) is 15.7. The molecule has 3 aromatic rings. The second-order valence-corrected chi connectivity index (χ2v) is 6.99. The average Bonchev–Trinajstić information content (AvgIpc) is 3.11. The van der Waals surface area contributed by atoms with Gasteiger partial charge in [0.25, 0.3) is 15.9 Å². The van der Waals surface area contributed by atoms with E-state index in [4.69, 9.17) is 4.52 Å². The molecular weight excluding hydrogens is 370 g/mol. The van der Waals surface area contributed by atoms with Crippen LogP contribution in [0.5, 0.6) is 0 Å². The molecule has 0 unspecified atom stereocenters. The molecule has 3 rings (SSSR count). The lowest BCUT2D eigenvalue weighted by Gasteiger charge is -2.10. The first-order valence-corrected chi connectivity index (χ1v) is 8.64. The summed E-state index contributed by atoms with van der Waals surface area (Å²) in [6, 6.07) is 12.4. The van der Waals surface area contributed by atoms with E-state index in [1.54, 1.807) is 23.8 Å². The van der Waals surface area contributed by atoms with Crippen molar-refractivity contribution in [3.05, 3.63) is 58.8 Å². The maximum Gasteiger partial charge on any atom is 0.280 e. The van der Waals surface area contributed by atoms with Crippen LogP contribution in [-0.2, 0) is 10.0 Å². The zero-order valence-corrected chi connectivity index (χ0v) is 13.9. The largest absolute Gasteiger partial charge is 0.336 e. The van der Waals surface area contributed by atoms with Crippen molar-refractivity contribution in [3.8, 4) is 5.69 Å².